The molecule has 3 atom stereocenters. The number of hydrogen-bond donors (Lipinski definition) is 3. The summed E-state index contributed by atoms with van der Waals surface area (Å²) in [7, 11) is 0. The Kier molecular flexibility index (Phi) is 14.2. The van der Waals surface area contributed by atoms with Crippen molar-refractivity contribution in [3.63, 3.8) is 0 Å². The van der Waals surface area contributed by atoms with E-state index in [1.165, 1.54) is 11.8 Å². The van der Waals surface area contributed by atoms with E-state index in [1.807, 2.05) is 109 Å². The Morgan fingerprint density at radius 3 is 2.07 bits per heavy atom. The standard InChI is InChI=1S/C48H48N2O7S/c51-31-33-20-22-36(23-21-33)42-29-41(32-58-48-50-45(37-13-5-3-6-14-37)46(57-48)38-15-7-4-8-16-38)55-47(56-42)39-26-24-35(25-27-39)40-17-11-12-34(28-40)30-49-43(52)18-9-1-2-10-19-44(53)54/h3-8,11-17,20-28,41-42,47,51H,1-2,9-10,18-19,29-32H2,(H,49,52)(H,53,54). The summed E-state index contributed by atoms with van der Waals surface area (Å²) in [4.78, 5) is 28.1. The Hall–Kier alpha value is -5.52. The van der Waals surface area contributed by atoms with Crippen molar-refractivity contribution in [3.8, 4) is 33.7 Å². The SMILES string of the molecule is O=C(O)CCCCCCC(=O)NCc1cccc(-c2ccc(C3OC(CSc4nc(-c5ccccc5)c(-c5ccccc5)o4)CC(c4ccc(CO)cc4)O3)cc2)c1. The quantitative estimate of drug-likeness (QED) is 0.0574. The summed E-state index contributed by atoms with van der Waals surface area (Å²) in [5.41, 5.74) is 8.59. The van der Waals surface area contributed by atoms with Crippen LogP contribution in [-0.2, 0) is 32.2 Å². The Morgan fingerprint density at radius 1 is 0.690 bits per heavy atom. The lowest BCUT2D eigenvalue weighted by Gasteiger charge is -2.36. The van der Waals surface area contributed by atoms with Crippen LogP contribution in [0.25, 0.3) is 33.7 Å². The zero-order valence-corrected chi connectivity index (χ0v) is 33.1. The third-order valence-corrected chi connectivity index (χ3v) is 11.1. The van der Waals surface area contributed by atoms with E-state index >= 15 is 0 Å². The second-order valence-corrected chi connectivity index (χ2v) is 15.4. The first-order valence-electron chi connectivity index (χ1n) is 19.8. The minimum atomic E-state index is -0.779. The largest absolute Gasteiger partial charge is 0.481 e. The third-order valence-electron chi connectivity index (χ3n) is 10.2. The molecule has 2 heterocycles. The van der Waals surface area contributed by atoms with Gasteiger partial charge < -0.3 is 29.4 Å². The van der Waals surface area contributed by atoms with Crippen LogP contribution < -0.4 is 5.32 Å². The number of unbranched alkanes of at least 4 members (excludes halogenated alkanes) is 3. The number of carboxylic acids is 1. The van der Waals surface area contributed by atoms with Crippen molar-refractivity contribution in [2.75, 3.05) is 5.75 Å². The highest BCUT2D eigenvalue weighted by Gasteiger charge is 2.33. The molecule has 10 heteroatoms. The van der Waals surface area contributed by atoms with Crippen LogP contribution in [0.1, 0.15) is 79.6 Å². The van der Waals surface area contributed by atoms with Crippen molar-refractivity contribution in [2.45, 2.75) is 81.8 Å². The molecule has 3 N–H and O–H groups in total. The second-order valence-electron chi connectivity index (χ2n) is 14.5. The average molecular weight is 797 g/mol. The monoisotopic (exact) mass is 796 g/mol. The van der Waals surface area contributed by atoms with E-state index in [-0.39, 0.29) is 31.1 Å². The van der Waals surface area contributed by atoms with E-state index in [2.05, 4.69) is 29.6 Å². The molecular weight excluding hydrogens is 749 g/mol. The van der Waals surface area contributed by atoms with Crippen LogP contribution >= 0.6 is 11.8 Å². The lowest BCUT2D eigenvalue weighted by molar-refractivity contribution is -0.245. The Morgan fingerprint density at radius 2 is 1.36 bits per heavy atom. The third kappa shape index (κ3) is 11.1. The number of ether oxygens (including phenoxy) is 2. The maximum Gasteiger partial charge on any atom is 0.303 e. The van der Waals surface area contributed by atoms with Crippen molar-refractivity contribution >= 4 is 23.6 Å². The minimum absolute atomic E-state index is 0.00545. The summed E-state index contributed by atoms with van der Waals surface area (Å²) in [6.07, 6.45) is 3.26. The molecule has 1 fully saturated rings. The maximum atomic E-state index is 12.5. The maximum absolute atomic E-state index is 12.5. The highest BCUT2D eigenvalue weighted by Crippen LogP contribution is 2.41. The van der Waals surface area contributed by atoms with Gasteiger partial charge in [0.05, 0.1) is 18.8 Å². The first-order chi connectivity index (χ1) is 28.4. The Balaban J connectivity index is 1.02. The number of hydrogen-bond acceptors (Lipinski definition) is 8. The molecule has 0 bridgehead atoms. The summed E-state index contributed by atoms with van der Waals surface area (Å²) in [5.74, 6) is 0.547. The summed E-state index contributed by atoms with van der Waals surface area (Å²) >= 11 is 1.53. The van der Waals surface area contributed by atoms with Crippen LogP contribution in [-0.4, -0.2) is 38.9 Å². The number of nitrogens with zero attached hydrogens (tertiary/aromatic N) is 1. The van der Waals surface area contributed by atoms with Gasteiger partial charge in [0, 0.05) is 48.3 Å². The Bertz CT molecular complexity index is 2170. The van der Waals surface area contributed by atoms with Crippen LogP contribution in [0.3, 0.4) is 0 Å². The topological polar surface area (TPSA) is 131 Å². The molecule has 6 aromatic rings. The van der Waals surface area contributed by atoms with Gasteiger partial charge in [-0.25, -0.2) is 4.98 Å². The van der Waals surface area contributed by atoms with E-state index in [0.29, 0.717) is 36.8 Å². The van der Waals surface area contributed by atoms with Crippen LogP contribution in [0.5, 0.6) is 0 Å². The summed E-state index contributed by atoms with van der Waals surface area (Å²) in [6.45, 7) is 0.411. The van der Waals surface area contributed by atoms with Crippen molar-refractivity contribution in [2.24, 2.45) is 0 Å². The molecule has 9 nitrogen and oxygen atoms in total. The van der Waals surface area contributed by atoms with Gasteiger partial charge in [0.25, 0.3) is 5.22 Å². The van der Waals surface area contributed by atoms with E-state index in [9.17, 15) is 14.7 Å². The molecular formula is C48H48N2O7S. The van der Waals surface area contributed by atoms with Gasteiger partial charge in [0.15, 0.2) is 12.1 Å². The van der Waals surface area contributed by atoms with E-state index in [4.69, 9.17) is 24.0 Å². The first kappa shape index (κ1) is 40.7. The molecule has 58 heavy (non-hydrogen) atoms. The number of aliphatic hydroxyl groups excluding tert-OH is 1. The zero-order chi connectivity index (χ0) is 40.1. The lowest BCUT2D eigenvalue weighted by Crippen LogP contribution is -2.31. The van der Waals surface area contributed by atoms with Gasteiger partial charge in [-0.3, -0.25) is 9.59 Å². The van der Waals surface area contributed by atoms with Crippen molar-refractivity contribution in [1.82, 2.24) is 10.3 Å². The van der Waals surface area contributed by atoms with Crippen LogP contribution in [0.4, 0.5) is 0 Å². The predicted molar refractivity (Wildman–Crippen MR) is 226 cm³/mol. The molecule has 7 rings (SSSR count). The molecule has 1 saturated heterocycles. The molecule has 1 amide bonds. The number of thioether (sulfide) groups is 1. The predicted octanol–water partition coefficient (Wildman–Crippen LogP) is 10.5. The number of oxazole rings is 1. The number of benzene rings is 5. The number of aliphatic carboxylic acids is 1. The Labute approximate surface area is 343 Å². The first-order valence-corrected chi connectivity index (χ1v) is 20.8. The molecule has 0 aliphatic carbocycles. The number of carbonyl (C=O) groups excluding carboxylic acids is 1. The van der Waals surface area contributed by atoms with Crippen LogP contribution in [0, 0.1) is 0 Å². The highest BCUT2D eigenvalue weighted by molar-refractivity contribution is 7.99. The fourth-order valence-corrected chi connectivity index (χ4v) is 7.87. The molecule has 298 valence electrons. The van der Waals surface area contributed by atoms with Gasteiger partial charge >= 0.3 is 5.97 Å². The van der Waals surface area contributed by atoms with E-state index < -0.39 is 12.3 Å². The average Bonchev–Trinajstić information content (AvgIpc) is 3.71. The van der Waals surface area contributed by atoms with Crippen LogP contribution in [0.2, 0.25) is 0 Å². The zero-order valence-electron chi connectivity index (χ0n) is 32.3. The molecule has 0 spiro atoms. The summed E-state index contributed by atoms with van der Waals surface area (Å²) < 4.78 is 19.7. The number of aromatic nitrogens is 1. The number of aliphatic hydroxyl groups is 1. The molecule has 1 aliphatic rings. The van der Waals surface area contributed by atoms with Crippen LogP contribution in [0.15, 0.2) is 143 Å². The van der Waals surface area contributed by atoms with Gasteiger partial charge in [-0.2, -0.15) is 0 Å². The molecule has 1 aliphatic heterocycles. The number of rotatable bonds is 18. The van der Waals surface area contributed by atoms with Gasteiger partial charge in [0.1, 0.15) is 5.69 Å². The van der Waals surface area contributed by atoms with Crippen molar-refractivity contribution in [3.05, 3.63) is 156 Å². The number of carbonyl (C=O) groups is 2. The molecule has 3 unspecified atom stereocenters. The van der Waals surface area contributed by atoms with Gasteiger partial charge in [0.2, 0.25) is 5.91 Å². The highest BCUT2D eigenvalue weighted by atomic mass is 32.2. The van der Waals surface area contributed by atoms with E-state index in [0.717, 1.165) is 75.2 Å². The minimum Gasteiger partial charge on any atom is -0.481 e. The van der Waals surface area contributed by atoms with Gasteiger partial charge in [-0.1, -0.05) is 152 Å². The van der Waals surface area contributed by atoms with Gasteiger partial charge in [-0.05, 0) is 46.7 Å². The normalized spacial score (nSPS) is 16.5. The molecule has 0 radical (unpaired) electrons. The number of carboxylic acid groups (broad SMARTS) is 1. The summed E-state index contributed by atoms with van der Waals surface area (Å²) in [6, 6.07) is 44.3. The fraction of sp³-hybridized carbons (Fsp3) is 0.271. The smallest absolute Gasteiger partial charge is 0.303 e. The molecule has 0 saturated carbocycles. The number of nitrogens with one attached hydrogen (secondary N) is 1. The van der Waals surface area contributed by atoms with Gasteiger partial charge in [-0.15, -0.1) is 0 Å². The van der Waals surface area contributed by atoms with Crippen molar-refractivity contribution in [1.29, 1.82) is 0 Å². The number of amides is 1. The molecule has 5 aromatic carbocycles. The second kappa shape index (κ2) is 20.3. The van der Waals surface area contributed by atoms with Crippen molar-refractivity contribution < 1.29 is 33.7 Å². The van der Waals surface area contributed by atoms with E-state index in [1.54, 1.807) is 0 Å². The molecule has 1 aromatic heterocycles. The summed E-state index contributed by atoms with van der Waals surface area (Å²) in [5, 5.41) is 22.0. The fourth-order valence-electron chi connectivity index (χ4n) is 7.02. The lowest BCUT2D eigenvalue weighted by atomic mass is 9.99.